The summed E-state index contributed by atoms with van der Waals surface area (Å²) in [6.07, 6.45) is 3.01. The van der Waals surface area contributed by atoms with Crippen LogP contribution in [0.3, 0.4) is 0 Å². The first kappa shape index (κ1) is 20.9. The van der Waals surface area contributed by atoms with E-state index in [0.29, 0.717) is 28.4 Å². The normalized spacial score (nSPS) is 22.8. The van der Waals surface area contributed by atoms with Gasteiger partial charge >= 0.3 is 5.97 Å². The van der Waals surface area contributed by atoms with Gasteiger partial charge in [-0.05, 0) is 30.6 Å². The molecule has 0 N–H and O–H groups in total. The standard InChI is InChI=1S/C24H31O3P/c1-18(2)22-15-14-19(3)16-23(22)27-24(25)17-28(26,20-10-6-4-7-11-20)21-12-8-5-9-13-21/h4-13,18-19,22-23H,14-17H2,1-3H3. The minimum Gasteiger partial charge on any atom is -0.462 e. The summed E-state index contributed by atoms with van der Waals surface area (Å²) in [5, 5.41) is 1.41. The van der Waals surface area contributed by atoms with E-state index in [9.17, 15) is 9.36 Å². The van der Waals surface area contributed by atoms with E-state index >= 15 is 0 Å². The van der Waals surface area contributed by atoms with E-state index in [1.54, 1.807) is 0 Å². The van der Waals surface area contributed by atoms with Crippen LogP contribution in [0.25, 0.3) is 0 Å². The van der Waals surface area contributed by atoms with Gasteiger partial charge in [0.15, 0.2) is 7.14 Å². The van der Waals surface area contributed by atoms with Crippen LogP contribution >= 0.6 is 7.14 Å². The molecule has 2 aromatic carbocycles. The highest BCUT2D eigenvalue weighted by Crippen LogP contribution is 2.44. The fourth-order valence-corrected chi connectivity index (χ4v) is 6.72. The monoisotopic (exact) mass is 398 g/mol. The fraction of sp³-hybridized carbons (Fsp3) is 0.458. The minimum absolute atomic E-state index is 0.0729. The van der Waals surface area contributed by atoms with E-state index in [0.717, 1.165) is 12.8 Å². The maximum atomic E-state index is 14.0. The van der Waals surface area contributed by atoms with Crippen LogP contribution in [-0.2, 0) is 14.1 Å². The van der Waals surface area contributed by atoms with E-state index in [1.807, 2.05) is 60.7 Å². The van der Waals surface area contributed by atoms with E-state index in [-0.39, 0.29) is 18.2 Å². The average Bonchev–Trinajstić information content (AvgIpc) is 2.69. The second kappa shape index (κ2) is 9.09. The van der Waals surface area contributed by atoms with Crippen molar-refractivity contribution in [2.24, 2.45) is 17.8 Å². The summed E-state index contributed by atoms with van der Waals surface area (Å²) in [6.45, 7) is 6.61. The van der Waals surface area contributed by atoms with Crippen LogP contribution in [0.15, 0.2) is 60.7 Å². The Kier molecular flexibility index (Phi) is 6.78. The van der Waals surface area contributed by atoms with Gasteiger partial charge in [0.05, 0.1) is 0 Å². The number of hydrogen-bond donors (Lipinski definition) is 0. The molecule has 150 valence electrons. The van der Waals surface area contributed by atoms with E-state index in [2.05, 4.69) is 20.8 Å². The van der Waals surface area contributed by atoms with Crippen LogP contribution in [-0.4, -0.2) is 18.2 Å². The number of hydrogen-bond acceptors (Lipinski definition) is 3. The molecule has 0 radical (unpaired) electrons. The van der Waals surface area contributed by atoms with Crippen molar-refractivity contribution in [3.63, 3.8) is 0 Å². The number of benzene rings is 2. The molecule has 1 saturated carbocycles. The van der Waals surface area contributed by atoms with Gasteiger partial charge in [-0.2, -0.15) is 0 Å². The van der Waals surface area contributed by atoms with Gasteiger partial charge in [0.1, 0.15) is 12.3 Å². The lowest BCUT2D eigenvalue weighted by atomic mass is 9.75. The van der Waals surface area contributed by atoms with Crippen LogP contribution in [0.4, 0.5) is 0 Å². The first-order valence-corrected chi connectivity index (χ1v) is 12.2. The van der Waals surface area contributed by atoms with Gasteiger partial charge in [0.25, 0.3) is 0 Å². The molecule has 1 aliphatic carbocycles. The molecule has 0 spiro atoms. The van der Waals surface area contributed by atoms with Crippen molar-refractivity contribution in [2.75, 3.05) is 6.16 Å². The van der Waals surface area contributed by atoms with Crippen molar-refractivity contribution in [3.05, 3.63) is 60.7 Å². The Balaban J connectivity index is 1.83. The van der Waals surface area contributed by atoms with Gasteiger partial charge in [-0.3, -0.25) is 4.79 Å². The molecular weight excluding hydrogens is 367 g/mol. The summed E-state index contributed by atoms with van der Waals surface area (Å²) in [4.78, 5) is 13.0. The molecule has 4 heteroatoms. The first-order valence-electron chi connectivity index (χ1n) is 10.3. The highest BCUT2D eigenvalue weighted by Gasteiger charge is 2.36. The minimum atomic E-state index is -3.08. The highest BCUT2D eigenvalue weighted by molar-refractivity contribution is 7.79. The second-order valence-corrected chi connectivity index (χ2v) is 11.3. The molecule has 0 amide bonds. The topological polar surface area (TPSA) is 43.4 Å². The summed E-state index contributed by atoms with van der Waals surface area (Å²) in [5.74, 6) is 1.07. The van der Waals surface area contributed by atoms with Crippen molar-refractivity contribution in [3.8, 4) is 0 Å². The quantitative estimate of drug-likeness (QED) is 0.508. The molecule has 0 saturated heterocycles. The van der Waals surface area contributed by atoms with Crippen LogP contribution in [0.2, 0.25) is 0 Å². The predicted molar refractivity (Wildman–Crippen MR) is 116 cm³/mol. The molecule has 3 unspecified atom stereocenters. The third-order valence-corrected chi connectivity index (χ3v) is 8.91. The molecule has 0 aromatic heterocycles. The zero-order chi connectivity index (χ0) is 20.1. The molecule has 28 heavy (non-hydrogen) atoms. The predicted octanol–water partition coefficient (Wildman–Crippen LogP) is 5.00. The maximum Gasteiger partial charge on any atom is 0.314 e. The summed E-state index contributed by atoms with van der Waals surface area (Å²) in [5.41, 5.74) is 0. The number of carbonyl (C=O) groups is 1. The Morgan fingerprint density at radius 2 is 1.54 bits per heavy atom. The van der Waals surface area contributed by atoms with Crippen LogP contribution < -0.4 is 10.6 Å². The van der Waals surface area contributed by atoms with E-state index in [4.69, 9.17) is 4.74 Å². The summed E-state index contributed by atoms with van der Waals surface area (Å²) in [6, 6.07) is 18.7. The first-order chi connectivity index (χ1) is 13.4. The third kappa shape index (κ3) is 4.75. The van der Waals surface area contributed by atoms with Crippen molar-refractivity contribution in [1.29, 1.82) is 0 Å². The number of rotatable bonds is 6. The van der Waals surface area contributed by atoms with Gasteiger partial charge in [0, 0.05) is 10.6 Å². The molecule has 3 rings (SSSR count). The van der Waals surface area contributed by atoms with Crippen molar-refractivity contribution >= 4 is 23.7 Å². The summed E-state index contributed by atoms with van der Waals surface area (Å²) < 4.78 is 20.0. The maximum absolute atomic E-state index is 14.0. The smallest absolute Gasteiger partial charge is 0.314 e. The Morgan fingerprint density at radius 3 is 2.04 bits per heavy atom. The molecule has 0 heterocycles. The Hall–Kier alpha value is -1.86. The molecule has 0 bridgehead atoms. The van der Waals surface area contributed by atoms with Crippen molar-refractivity contribution in [1.82, 2.24) is 0 Å². The SMILES string of the molecule is CC1CCC(C(C)C)C(OC(=O)CP(=O)(c2ccccc2)c2ccccc2)C1. The number of ether oxygens (including phenoxy) is 1. The fourth-order valence-electron chi connectivity index (χ4n) is 4.31. The molecule has 2 aromatic rings. The average molecular weight is 398 g/mol. The second-order valence-electron chi connectivity index (χ2n) is 8.42. The molecule has 3 nitrogen and oxygen atoms in total. The lowest BCUT2D eigenvalue weighted by molar-refractivity contribution is -0.152. The Bertz CT molecular complexity index is 773. The van der Waals surface area contributed by atoms with Crippen LogP contribution in [0, 0.1) is 17.8 Å². The van der Waals surface area contributed by atoms with Gasteiger partial charge in [0.2, 0.25) is 0 Å². The van der Waals surface area contributed by atoms with Gasteiger partial charge in [-0.15, -0.1) is 0 Å². The summed E-state index contributed by atoms with van der Waals surface area (Å²) in [7, 11) is -3.08. The largest absolute Gasteiger partial charge is 0.462 e. The van der Waals surface area contributed by atoms with E-state index in [1.165, 1.54) is 6.42 Å². The molecule has 0 aliphatic heterocycles. The van der Waals surface area contributed by atoms with E-state index < -0.39 is 7.14 Å². The van der Waals surface area contributed by atoms with Gasteiger partial charge < -0.3 is 9.30 Å². The number of carbonyl (C=O) groups excluding carboxylic acids is 1. The van der Waals surface area contributed by atoms with Crippen LogP contribution in [0.5, 0.6) is 0 Å². The molecule has 3 atom stereocenters. The molecule has 1 fully saturated rings. The van der Waals surface area contributed by atoms with Gasteiger partial charge in [-0.1, -0.05) is 87.9 Å². The van der Waals surface area contributed by atoms with Crippen molar-refractivity contribution in [2.45, 2.75) is 46.1 Å². The Morgan fingerprint density at radius 1 is 1.00 bits per heavy atom. The zero-order valence-corrected chi connectivity index (χ0v) is 18.0. The lowest BCUT2D eigenvalue weighted by Gasteiger charge is -2.37. The highest BCUT2D eigenvalue weighted by atomic mass is 31.2. The third-order valence-electron chi connectivity index (χ3n) is 5.94. The van der Waals surface area contributed by atoms with Gasteiger partial charge in [-0.25, -0.2) is 0 Å². The Labute approximate surface area is 168 Å². The molecule has 1 aliphatic rings. The zero-order valence-electron chi connectivity index (χ0n) is 17.1. The van der Waals surface area contributed by atoms with Crippen LogP contribution in [0.1, 0.15) is 40.0 Å². The lowest BCUT2D eigenvalue weighted by Crippen LogP contribution is -2.37. The molecular formula is C24H31O3P. The summed E-state index contributed by atoms with van der Waals surface area (Å²) >= 11 is 0. The number of esters is 1. The van der Waals surface area contributed by atoms with Crippen molar-refractivity contribution < 1.29 is 14.1 Å².